The van der Waals surface area contributed by atoms with E-state index < -0.39 is 0 Å². The van der Waals surface area contributed by atoms with Gasteiger partial charge in [0.15, 0.2) is 5.82 Å². The van der Waals surface area contributed by atoms with E-state index in [1.54, 1.807) is 7.11 Å². The summed E-state index contributed by atoms with van der Waals surface area (Å²) in [5.41, 5.74) is 3.76. The lowest BCUT2D eigenvalue weighted by Gasteiger charge is -2.13. The van der Waals surface area contributed by atoms with Crippen molar-refractivity contribution in [3.8, 4) is 11.7 Å². The molecule has 5 nitrogen and oxygen atoms in total. The number of ether oxygens (including phenoxy) is 1. The van der Waals surface area contributed by atoms with Gasteiger partial charge >= 0.3 is 6.01 Å². The Hall–Kier alpha value is -2.66. The lowest BCUT2D eigenvalue weighted by molar-refractivity contribution is 0.371. The fourth-order valence-corrected chi connectivity index (χ4v) is 2.92. The molecule has 0 unspecified atom stereocenters. The summed E-state index contributed by atoms with van der Waals surface area (Å²) in [6.07, 6.45) is 0. The van der Waals surface area contributed by atoms with Crippen LogP contribution in [0.3, 0.4) is 0 Å². The molecule has 1 aliphatic heterocycles. The zero-order chi connectivity index (χ0) is 15.8. The minimum Gasteiger partial charge on any atom is -0.467 e. The lowest BCUT2D eigenvalue weighted by atomic mass is 10.0. The molecule has 1 aromatic heterocycles. The van der Waals surface area contributed by atoms with Gasteiger partial charge in [-0.2, -0.15) is 0 Å². The molecule has 0 N–H and O–H groups in total. The molecule has 0 atom stereocenters. The van der Waals surface area contributed by atoms with E-state index in [2.05, 4.69) is 10.2 Å². The predicted molar refractivity (Wildman–Crippen MR) is 88.7 cm³/mol. The van der Waals surface area contributed by atoms with Crippen LogP contribution < -0.4 is 4.74 Å². The standard InChI is InChI=1S/C17H13ClN4O/c1-23-17-21-20-15-10-19-16(11-5-3-2-4-6-11)13-9-12(18)7-8-14(13)22(15)17/h2-9H,10H2,1H3. The van der Waals surface area contributed by atoms with Gasteiger partial charge in [-0.25, -0.2) is 4.57 Å². The summed E-state index contributed by atoms with van der Waals surface area (Å²) in [6, 6.07) is 16.2. The molecule has 2 heterocycles. The van der Waals surface area contributed by atoms with Crippen molar-refractivity contribution in [2.75, 3.05) is 7.11 Å². The number of nitrogens with zero attached hydrogens (tertiary/aromatic N) is 4. The zero-order valence-electron chi connectivity index (χ0n) is 12.4. The number of aromatic nitrogens is 3. The van der Waals surface area contributed by atoms with Gasteiger partial charge in [-0.15, -0.1) is 5.10 Å². The van der Waals surface area contributed by atoms with Gasteiger partial charge in [0.1, 0.15) is 6.54 Å². The van der Waals surface area contributed by atoms with Crippen LogP contribution in [0.5, 0.6) is 6.01 Å². The molecule has 0 saturated carbocycles. The maximum Gasteiger partial charge on any atom is 0.321 e. The summed E-state index contributed by atoms with van der Waals surface area (Å²) in [7, 11) is 1.58. The topological polar surface area (TPSA) is 52.3 Å². The van der Waals surface area contributed by atoms with Crippen LogP contribution in [-0.4, -0.2) is 27.6 Å². The Labute approximate surface area is 138 Å². The molecule has 3 aromatic rings. The molecule has 2 aromatic carbocycles. The summed E-state index contributed by atoms with van der Waals surface area (Å²) in [4.78, 5) is 4.74. The quantitative estimate of drug-likeness (QED) is 0.727. The molecule has 114 valence electrons. The minimum absolute atomic E-state index is 0.423. The molecule has 0 fully saturated rings. The third-order valence-electron chi connectivity index (χ3n) is 3.76. The SMILES string of the molecule is COc1nnc2n1-c1ccc(Cl)cc1C(c1ccccc1)=NC2. The summed E-state index contributed by atoms with van der Waals surface area (Å²) in [5, 5.41) is 8.91. The smallest absolute Gasteiger partial charge is 0.321 e. The van der Waals surface area contributed by atoms with E-state index >= 15 is 0 Å². The van der Waals surface area contributed by atoms with E-state index in [4.69, 9.17) is 21.3 Å². The molecular formula is C17H13ClN4O. The van der Waals surface area contributed by atoms with E-state index in [0.717, 1.165) is 28.4 Å². The Morgan fingerprint density at radius 2 is 1.91 bits per heavy atom. The van der Waals surface area contributed by atoms with Gasteiger partial charge in [-0.3, -0.25) is 4.99 Å². The van der Waals surface area contributed by atoms with Crippen molar-refractivity contribution in [2.45, 2.75) is 6.54 Å². The van der Waals surface area contributed by atoms with Crippen molar-refractivity contribution in [3.05, 3.63) is 70.5 Å². The lowest BCUT2D eigenvalue weighted by Crippen LogP contribution is -2.08. The van der Waals surface area contributed by atoms with Crippen LogP contribution in [0.4, 0.5) is 0 Å². The average molecular weight is 325 g/mol. The molecule has 0 radical (unpaired) electrons. The Morgan fingerprint density at radius 3 is 2.70 bits per heavy atom. The predicted octanol–water partition coefficient (Wildman–Crippen LogP) is 3.28. The molecule has 0 amide bonds. The highest BCUT2D eigenvalue weighted by molar-refractivity contribution is 6.31. The second kappa shape index (κ2) is 5.52. The second-order valence-electron chi connectivity index (χ2n) is 5.13. The maximum absolute atomic E-state index is 6.23. The molecule has 0 aliphatic carbocycles. The van der Waals surface area contributed by atoms with E-state index in [9.17, 15) is 0 Å². The highest BCUT2D eigenvalue weighted by Gasteiger charge is 2.23. The van der Waals surface area contributed by atoms with Gasteiger partial charge in [0, 0.05) is 16.1 Å². The van der Waals surface area contributed by atoms with Crippen LogP contribution in [0.15, 0.2) is 53.5 Å². The first kappa shape index (κ1) is 14.0. The zero-order valence-corrected chi connectivity index (χ0v) is 13.2. The highest BCUT2D eigenvalue weighted by atomic mass is 35.5. The van der Waals surface area contributed by atoms with E-state index in [-0.39, 0.29) is 0 Å². The molecular weight excluding hydrogens is 312 g/mol. The van der Waals surface area contributed by atoms with E-state index in [1.165, 1.54) is 0 Å². The number of rotatable bonds is 2. The first-order valence-electron chi connectivity index (χ1n) is 7.16. The van der Waals surface area contributed by atoms with Crippen LogP contribution >= 0.6 is 11.6 Å². The summed E-state index contributed by atoms with van der Waals surface area (Å²) in [5.74, 6) is 0.733. The van der Waals surface area contributed by atoms with Crippen LogP contribution in [0, 0.1) is 0 Å². The van der Waals surface area contributed by atoms with Gasteiger partial charge in [-0.1, -0.05) is 47.0 Å². The number of fused-ring (bicyclic) bond motifs is 3. The van der Waals surface area contributed by atoms with Crippen molar-refractivity contribution in [1.82, 2.24) is 14.8 Å². The molecule has 0 spiro atoms. The van der Waals surface area contributed by atoms with Crippen LogP contribution in [0.25, 0.3) is 5.69 Å². The number of aliphatic imine (C=N–C) groups is 1. The summed E-state index contributed by atoms with van der Waals surface area (Å²) >= 11 is 6.23. The second-order valence-corrected chi connectivity index (χ2v) is 5.57. The number of halogens is 1. The van der Waals surface area contributed by atoms with Crippen LogP contribution in [-0.2, 0) is 6.54 Å². The minimum atomic E-state index is 0.423. The van der Waals surface area contributed by atoms with Crippen molar-refractivity contribution < 1.29 is 4.74 Å². The third-order valence-corrected chi connectivity index (χ3v) is 4.00. The van der Waals surface area contributed by atoms with Crippen molar-refractivity contribution in [1.29, 1.82) is 0 Å². The number of methoxy groups -OCH3 is 1. The summed E-state index contributed by atoms with van der Waals surface area (Å²) < 4.78 is 7.22. The average Bonchev–Trinajstić information content (AvgIpc) is 2.92. The molecule has 6 heteroatoms. The first-order valence-corrected chi connectivity index (χ1v) is 7.54. The summed E-state index contributed by atoms with van der Waals surface area (Å²) in [6.45, 7) is 0.423. The Kier molecular flexibility index (Phi) is 3.35. The fraction of sp³-hybridized carbons (Fsp3) is 0.118. The van der Waals surface area contributed by atoms with Crippen LogP contribution in [0.1, 0.15) is 17.0 Å². The molecule has 0 bridgehead atoms. The van der Waals surface area contributed by atoms with E-state index in [0.29, 0.717) is 17.6 Å². The monoisotopic (exact) mass is 324 g/mol. The molecule has 1 aliphatic rings. The Balaban J connectivity index is 2.00. The number of hydrogen-bond acceptors (Lipinski definition) is 4. The van der Waals surface area contributed by atoms with Crippen molar-refractivity contribution in [3.63, 3.8) is 0 Å². The largest absolute Gasteiger partial charge is 0.467 e. The first-order chi connectivity index (χ1) is 11.3. The molecule has 23 heavy (non-hydrogen) atoms. The van der Waals surface area contributed by atoms with Crippen LogP contribution in [0.2, 0.25) is 5.02 Å². The van der Waals surface area contributed by atoms with Gasteiger partial charge in [0.05, 0.1) is 18.5 Å². The van der Waals surface area contributed by atoms with Gasteiger partial charge in [-0.05, 0) is 18.2 Å². The van der Waals surface area contributed by atoms with Crippen molar-refractivity contribution >= 4 is 17.3 Å². The Bertz CT molecular complexity index is 902. The Morgan fingerprint density at radius 1 is 1.09 bits per heavy atom. The fourth-order valence-electron chi connectivity index (χ4n) is 2.75. The van der Waals surface area contributed by atoms with E-state index in [1.807, 2.05) is 53.1 Å². The van der Waals surface area contributed by atoms with Gasteiger partial charge < -0.3 is 4.74 Å². The number of hydrogen-bond donors (Lipinski definition) is 0. The van der Waals surface area contributed by atoms with Crippen molar-refractivity contribution in [2.24, 2.45) is 4.99 Å². The van der Waals surface area contributed by atoms with Gasteiger partial charge in [0.2, 0.25) is 0 Å². The molecule has 0 saturated heterocycles. The highest BCUT2D eigenvalue weighted by Crippen LogP contribution is 2.29. The third kappa shape index (κ3) is 2.29. The van der Waals surface area contributed by atoms with Gasteiger partial charge in [0.25, 0.3) is 0 Å². The number of benzene rings is 2. The maximum atomic E-state index is 6.23. The molecule has 4 rings (SSSR count). The normalized spacial score (nSPS) is 12.9.